The maximum Gasteiger partial charge on any atom is 0.191 e. The highest BCUT2D eigenvalue weighted by atomic mass is 15.3. The number of aromatic nitrogens is 3. The molecule has 2 N–H and O–H groups in total. The molecule has 6 heteroatoms. The highest BCUT2D eigenvalue weighted by molar-refractivity contribution is 5.79. The van der Waals surface area contributed by atoms with Gasteiger partial charge in [0.25, 0.3) is 0 Å². The molecule has 1 aromatic heterocycles. The minimum atomic E-state index is 0.397. The number of aryl methyl sites for hydroxylation is 1. The van der Waals surface area contributed by atoms with Crippen LogP contribution in [0.4, 0.5) is 0 Å². The molecule has 1 aliphatic heterocycles. The molecular weight excluding hydrogens is 336 g/mol. The summed E-state index contributed by atoms with van der Waals surface area (Å²) in [7, 11) is 0. The normalized spacial score (nSPS) is 15.7. The first-order chi connectivity index (χ1) is 13.3. The smallest absolute Gasteiger partial charge is 0.191 e. The van der Waals surface area contributed by atoms with Crippen LogP contribution in [0, 0.1) is 0 Å². The lowest BCUT2D eigenvalue weighted by Crippen LogP contribution is -2.38. The number of fused-ring (bicyclic) bond motifs is 1. The summed E-state index contributed by atoms with van der Waals surface area (Å²) in [6, 6.07) is 10.5. The molecule has 6 nitrogen and oxygen atoms in total. The van der Waals surface area contributed by atoms with Crippen molar-refractivity contribution in [2.24, 2.45) is 4.99 Å². The molecule has 1 aromatic carbocycles. The third-order valence-electron chi connectivity index (χ3n) is 5.06. The molecule has 0 aliphatic carbocycles. The van der Waals surface area contributed by atoms with Crippen LogP contribution in [0.15, 0.2) is 35.3 Å². The van der Waals surface area contributed by atoms with Crippen LogP contribution in [0.3, 0.4) is 0 Å². The summed E-state index contributed by atoms with van der Waals surface area (Å²) in [6.45, 7) is 7.79. The fourth-order valence-corrected chi connectivity index (χ4v) is 3.48. The van der Waals surface area contributed by atoms with Gasteiger partial charge in [0, 0.05) is 44.9 Å². The summed E-state index contributed by atoms with van der Waals surface area (Å²) >= 11 is 0. The first kappa shape index (κ1) is 19.4. The lowest BCUT2D eigenvalue weighted by molar-refractivity contribution is 0.600. The standard InChI is InChI=1S/C21H32N6/c1-3-22-21(24-16-17(2)18-10-6-4-7-11-18)23-14-13-20-26-25-19-12-8-5-9-15-27(19)20/h4,6-7,10-11,17H,3,5,8-9,12-16H2,1-2H3,(H2,22,23,24). The molecule has 0 amide bonds. The summed E-state index contributed by atoms with van der Waals surface area (Å²) in [5.74, 6) is 3.51. The van der Waals surface area contributed by atoms with E-state index in [9.17, 15) is 0 Å². The number of nitrogens with one attached hydrogen (secondary N) is 2. The number of aliphatic imine (C=N–C) groups is 1. The summed E-state index contributed by atoms with van der Waals surface area (Å²) in [5, 5.41) is 15.6. The Labute approximate surface area is 162 Å². The molecule has 0 fully saturated rings. The van der Waals surface area contributed by atoms with E-state index in [0.29, 0.717) is 5.92 Å². The third kappa shape index (κ3) is 5.55. The topological polar surface area (TPSA) is 67.1 Å². The molecule has 2 heterocycles. The molecule has 2 aromatic rings. The molecular formula is C21H32N6. The molecule has 0 radical (unpaired) electrons. The Morgan fingerprint density at radius 1 is 1.15 bits per heavy atom. The van der Waals surface area contributed by atoms with Crippen LogP contribution in [0.25, 0.3) is 0 Å². The first-order valence-electron chi connectivity index (χ1n) is 10.3. The van der Waals surface area contributed by atoms with Crippen LogP contribution in [-0.2, 0) is 19.4 Å². The molecule has 0 bridgehead atoms. The molecule has 0 saturated heterocycles. The van der Waals surface area contributed by atoms with Crippen molar-refractivity contribution in [3.8, 4) is 0 Å². The zero-order chi connectivity index (χ0) is 18.9. The van der Waals surface area contributed by atoms with Gasteiger partial charge in [-0.1, -0.05) is 43.7 Å². The lowest BCUT2D eigenvalue weighted by Gasteiger charge is -2.14. The van der Waals surface area contributed by atoms with Crippen LogP contribution in [0.2, 0.25) is 0 Å². The second-order valence-corrected chi connectivity index (χ2v) is 7.20. The Kier molecular flexibility index (Phi) is 7.25. The van der Waals surface area contributed by atoms with Gasteiger partial charge in [0.05, 0.1) is 0 Å². The maximum atomic E-state index is 4.76. The number of guanidine groups is 1. The third-order valence-corrected chi connectivity index (χ3v) is 5.06. The van der Waals surface area contributed by atoms with Crippen molar-refractivity contribution in [1.29, 1.82) is 0 Å². The Morgan fingerprint density at radius 3 is 2.81 bits per heavy atom. The molecule has 1 aliphatic rings. The second-order valence-electron chi connectivity index (χ2n) is 7.20. The zero-order valence-electron chi connectivity index (χ0n) is 16.6. The number of nitrogens with zero attached hydrogens (tertiary/aromatic N) is 4. The monoisotopic (exact) mass is 368 g/mol. The number of hydrogen-bond acceptors (Lipinski definition) is 3. The minimum Gasteiger partial charge on any atom is -0.357 e. The van der Waals surface area contributed by atoms with Gasteiger partial charge in [-0.05, 0) is 25.3 Å². The van der Waals surface area contributed by atoms with Crippen molar-refractivity contribution in [2.45, 2.75) is 58.4 Å². The van der Waals surface area contributed by atoms with E-state index in [4.69, 9.17) is 4.99 Å². The summed E-state index contributed by atoms with van der Waals surface area (Å²) < 4.78 is 2.32. The van der Waals surface area contributed by atoms with Crippen molar-refractivity contribution in [2.75, 3.05) is 19.6 Å². The van der Waals surface area contributed by atoms with E-state index in [1.54, 1.807) is 0 Å². The summed E-state index contributed by atoms with van der Waals surface area (Å²) in [5.41, 5.74) is 1.32. The molecule has 146 valence electrons. The predicted molar refractivity (Wildman–Crippen MR) is 110 cm³/mol. The first-order valence-corrected chi connectivity index (χ1v) is 10.3. The average molecular weight is 369 g/mol. The Morgan fingerprint density at radius 2 is 2.00 bits per heavy atom. The van der Waals surface area contributed by atoms with Gasteiger partial charge in [-0.3, -0.25) is 4.99 Å². The fraction of sp³-hybridized carbons (Fsp3) is 0.571. The second kappa shape index (κ2) is 10.1. The van der Waals surface area contributed by atoms with E-state index in [1.807, 2.05) is 0 Å². The van der Waals surface area contributed by atoms with E-state index in [0.717, 1.165) is 56.6 Å². The molecule has 3 rings (SSSR count). The van der Waals surface area contributed by atoms with Crippen molar-refractivity contribution >= 4 is 5.96 Å². The van der Waals surface area contributed by atoms with Crippen molar-refractivity contribution in [1.82, 2.24) is 25.4 Å². The van der Waals surface area contributed by atoms with Crippen LogP contribution in [0.5, 0.6) is 0 Å². The van der Waals surface area contributed by atoms with Gasteiger partial charge in [0.1, 0.15) is 11.6 Å². The van der Waals surface area contributed by atoms with Crippen LogP contribution < -0.4 is 10.6 Å². The summed E-state index contributed by atoms with van der Waals surface area (Å²) in [6.07, 6.45) is 5.67. The van der Waals surface area contributed by atoms with Crippen LogP contribution in [-0.4, -0.2) is 40.4 Å². The fourth-order valence-electron chi connectivity index (χ4n) is 3.48. The van der Waals surface area contributed by atoms with E-state index in [1.165, 1.54) is 24.8 Å². The lowest BCUT2D eigenvalue weighted by atomic mass is 10.0. The van der Waals surface area contributed by atoms with Gasteiger partial charge in [0.2, 0.25) is 0 Å². The number of hydrogen-bond donors (Lipinski definition) is 2. The highest BCUT2D eigenvalue weighted by Gasteiger charge is 2.14. The SMILES string of the molecule is CCNC(=NCC(C)c1ccccc1)NCCc1nnc2n1CCCCC2. The number of rotatable bonds is 7. The molecule has 27 heavy (non-hydrogen) atoms. The summed E-state index contributed by atoms with van der Waals surface area (Å²) in [4.78, 5) is 4.76. The van der Waals surface area contributed by atoms with E-state index < -0.39 is 0 Å². The average Bonchev–Trinajstić information content (AvgIpc) is 2.93. The van der Waals surface area contributed by atoms with Gasteiger partial charge in [-0.25, -0.2) is 0 Å². The van der Waals surface area contributed by atoms with Crippen molar-refractivity contribution < 1.29 is 0 Å². The maximum absolute atomic E-state index is 4.76. The van der Waals surface area contributed by atoms with Crippen molar-refractivity contribution in [3.63, 3.8) is 0 Å². The Bertz CT molecular complexity index is 722. The predicted octanol–water partition coefficient (Wildman–Crippen LogP) is 2.91. The molecule has 1 atom stereocenters. The van der Waals surface area contributed by atoms with Crippen LogP contribution >= 0.6 is 0 Å². The van der Waals surface area contributed by atoms with Gasteiger partial charge in [0.15, 0.2) is 5.96 Å². The number of benzene rings is 1. The van der Waals surface area contributed by atoms with E-state index in [2.05, 4.69) is 69.6 Å². The largest absolute Gasteiger partial charge is 0.357 e. The van der Waals surface area contributed by atoms with Gasteiger partial charge in [-0.15, -0.1) is 10.2 Å². The minimum absolute atomic E-state index is 0.397. The Hall–Kier alpha value is -2.37. The quantitative estimate of drug-likeness (QED) is 0.582. The van der Waals surface area contributed by atoms with Crippen molar-refractivity contribution in [3.05, 3.63) is 47.5 Å². The van der Waals surface area contributed by atoms with Gasteiger partial charge < -0.3 is 15.2 Å². The molecule has 0 spiro atoms. The molecule has 1 unspecified atom stereocenters. The Balaban J connectivity index is 1.53. The van der Waals surface area contributed by atoms with Gasteiger partial charge >= 0.3 is 0 Å². The zero-order valence-corrected chi connectivity index (χ0v) is 16.6. The van der Waals surface area contributed by atoms with Crippen LogP contribution in [0.1, 0.15) is 56.2 Å². The van der Waals surface area contributed by atoms with Gasteiger partial charge in [-0.2, -0.15) is 0 Å². The molecule has 0 saturated carbocycles. The van der Waals surface area contributed by atoms with E-state index in [-0.39, 0.29) is 0 Å². The highest BCUT2D eigenvalue weighted by Crippen LogP contribution is 2.15. The van der Waals surface area contributed by atoms with E-state index >= 15 is 0 Å².